The number of nitrogens with one attached hydrogen (secondary N) is 1. The molecule has 1 atom stereocenters. The van der Waals surface area contributed by atoms with Crippen molar-refractivity contribution in [3.63, 3.8) is 0 Å². The lowest BCUT2D eigenvalue weighted by Crippen LogP contribution is -2.35. The number of benzene rings is 3. The molecule has 2 N–H and O–H groups in total. The van der Waals surface area contributed by atoms with Crippen molar-refractivity contribution in [1.29, 1.82) is 0 Å². The van der Waals surface area contributed by atoms with Crippen molar-refractivity contribution in [1.82, 2.24) is 14.9 Å². The molecule has 9 nitrogen and oxygen atoms in total. The number of carboxylic acid groups (broad SMARTS) is 1. The Bertz CT molecular complexity index is 1760. The number of aromatic nitrogens is 2. The number of carbonyl (C=O) groups is 3. The predicted molar refractivity (Wildman–Crippen MR) is 186 cm³/mol. The second-order valence-corrected chi connectivity index (χ2v) is 13.3. The summed E-state index contributed by atoms with van der Waals surface area (Å²) in [5.41, 5.74) is 5.94. The van der Waals surface area contributed by atoms with Gasteiger partial charge in [-0.2, -0.15) is 0 Å². The second-order valence-electron chi connectivity index (χ2n) is 13.3. The van der Waals surface area contributed by atoms with Crippen LogP contribution < -0.4 is 10.1 Å². The number of carboxylic acids is 1. The summed E-state index contributed by atoms with van der Waals surface area (Å²) in [6.07, 6.45) is 9.53. The molecule has 0 saturated heterocycles. The van der Waals surface area contributed by atoms with Gasteiger partial charge in [-0.05, 0) is 83.7 Å². The van der Waals surface area contributed by atoms with Crippen LogP contribution in [0.5, 0.6) is 5.75 Å². The van der Waals surface area contributed by atoms with E-state index in [1.54, 1.807) is 43.5 Å². The molecule has 248 valence electrons. The highest BCUT2D eigenvalue weighted by atomic mass is 16.5. The van der Waals surface area contributed by atoms with Crippen LogP contribution in [0.1, 0.15) is 67.1 Å². The summed E-state index contributed by atoms with van der Waals surface area (Å²) in [5, 5.41) is 12.4. The number of anilines is 1. The lowest BCUT2D eigenvalue weighted by atomic mass is 9.72. The van der Waals surface area contributed by atoms with Crippen LogP contribution in [0.3, 0.4) is 0 Å². The molecule has 4 aromatic rings. The van der Waals surface area contributed by atoms with Crippen molar-refractivity contribution in [2.75, 3.05) is 19.0 Å². The lowest BCUT2D eigenvalue weighted by Gasteiger charge is -2.33. The molecule has 48 heavy (non-hydrogen) atoms. The van der Waals surface area contributed by atoms with Crippen molar-refractivity contribution in [2.24, 2.45) is 11.3 Å². The first-order chi connectivity index (χ1) is 23.0. The van der Waals surface area contributed by atoms with E-state index in [2.05, 4.69) is 42.1 Å². The Kier molecular flexibility index (Phi) is 10.7. The highest BCUT2D eigenvalue weighted by molar-refractivity contribution is 5.97. The number of ether oxygens (including phenoxy) is 1. The van der Waals surface area contributed by atoms with E-state index in [9.17, 15) is 19.5 Å². The van der Waals surface area contributed by atoms with Gasteiger partial charge in [-0.25, -0.2) is 9.97 Å². The summed E-state index contributed by atoms with van der Waals surface area (Å²) < 4.78 is 5.15. The number of methoxy groups -OCH3 is 1. The van der Waals surface area contributed by atoms with E-state index in [4.69, 9.17) is 4.74 Å². The van der Waals surface area contributed by atoms with Gasteiger partial charge in [-0.15, -0.1) is 0 Å². The number of amides is 2. The monoisotopic (exact) mass is 646 g/mol. The molecule has 1 aromatic heterocycles. The average Bonchev–Trinajstić information content (AvgIpc) is 3.08. The van der Waals surface area contributed by atoms with Gasteiger partial charge in [0.1, 0.15) is 12.3 Å². The van der Waals surface area contributed by atoms with Crippen molar-refractivity contribution in [3.8, 4) is 17.1 Å². The third-order valence-corrected chi connectivity index (χ3v) is 8.80. The maximum absolute atomic E-state index is 13.4. The maximum atomic E-state index is 13.4. The first kappa shape index (κ1) is 34.0. The smallest absolute Gasteiger partial charge is 0.323 e. The third kappa shape index (κ3) is 8.94. The van der Waals surface area contributed by atoms with E-state index in [0.29, 0.717) is 34.2 Å². The Hall–Kier alpha value is -5.31. The molecule has 0 radical (unpaired) electrons. The number of allylic oxidation sites excluding steroid dienone is 2. The quantitative estimate of drug-likeness (QED) is 0.176. The van der Waals surface area contributed by atoms with Gasteiger partial charge >= 0.3 is 5.97 Å². The Morgan fingerprint density at radius 2 is 1.54 bits per heavy atom. The molecule has 0 aliphatic heterocycles. The first-order valence-corrected chi connectivity index (χ1v) is 16.1. The zero-order valence-corrected chi connectivity index (χ0v) is 27.9. The third-order valence-electron chi connectivity index (χ3n) is 8.80. The molecule has 0 fully saturated rings. The van der Waals surface area contributed by atoms with E-state index >= 15 is 0 Å². The van der Waals surface area contributed by atoms with Crippen LogP contribution in [0.15, 0.2) is 91.3 Å². The predicted octanol–water partition coefficient (Wildman–Crippen LogP) is 7.29. The van der Waals surface area contributed by atoms with Crippen molar-refractivity contribution in [2.45, 2.75) is 53.0 Å². The minimum atomic E-state index is -1.11. The molecule has 5 rings (SSSR count). The van der Waals surface area contributed by atoms with Crippen molar-refractivity contribution in [3.05, 3.63) is 114 Å². The summed E-state index contributed by atoms with van der Waals surface area (Å²) in [6, 6.07) is 21.1. The van der Waals surface area contributed by atoms with E-state index in [-0.39, 0.29) is 18.9 Å². The number of carbonyl (C=O) groups excluding carboxylic acids is 2. The molecule has 1 aliphatic rings. The Labute approximate surface area is 281 Å². The second kappa shape index (κ2) is 15.1. The summed E-state index contributed by atoms with van der Waals surface area (Å²) in [5.74, 6) is 0.251. The van der Waals surface area contributed by atoms with Gasteiger partial charge < -0.3 is 20.1 Å². The first-order valence-electron chi connectivity index (χ1n) is 16.1. The number of hydrogen-bond donors (Lipinski definition) is 2. The standard InChI is InChI=1S/C39H42N4O5/c1-39(2,3)32-15-11-28(12-16-32)31-22-40-37(41-23-31)29-9-5-27(6-10-29)24-43(25-36(45)46)38(47)30-13-17-33(18-14-30)42-35(44)21-26-7-19-34(48-4)20-8-26/h5-11,13-14,17-20,22-23,32H,12,15-16,21,24-25H2,1-4H3,(H,42,44)(H,45,46). The summed E-state index contributed by atoms with van der Waals surface area (Å²) >= 11 is 0. The Morgan fingerprint density at radius 3 is 2.10 bits per heavy atom. The van der Waals surface area contributed by atoms with Crippen LogP contribution in [-0.4, -0.2) is 51.4 Å². The maximum Gasteiger partial charge on any atom is 0.323 e. The highest BCUT2D eigenvalue weighted by Crippen LogP contribution is 2.39. The summed E-state index contributed by atoms with van der Waals surface area (Å²) in [6.45, 7) is 6.55. The van der Waals surface area contributed by atoms with Crippen LogP contribution >= 0.6 is 0 Å². The van der Waals surface area contributed by atoms with Crippen LogP contribution in [0.25, 0.3) is 17.0 Å². The zero-order valence-electron chi connectivity index (χ0n) is 27.9. The molecule has 3 aromatic carbocycles. The fraction of sp³-hybridized carbons (Fsp3) is 0.308. The van der Waals surface area contributed by atoms with Gasteiger partial charge in [-0.3, -0.25) is 14.4 Å². The molecular weight excluding hydrogens is 604 g/mol. The summed E-state index contributed by atoms with van der Waals surface area (Å²) in [4.78, 5) is 48.1. The zero-order chi connectivity index (χ0) is 34.3. The fourth-order valence-corrected chi connectivity index (χ4v) is 5.88. The minimum Gasteiger partial charge on any atom is -0.497 e. The van der Waals surface area contributed by atoms with Gasteiger partial charge in [0.25, 0.3) is 5.91 Å². The minimum absolute atomic E-state index is 0.106. The molecule has 9 heteroatoms. The van der Waals surface area contributed by atoms with Crippen LogP contribution in [-0.2, 0) is 22.6 Å². The molecule has 2 amide bonds. The van der Waals surface area contributed by atoms with Gasteiger partial charge in [-0.1, -0.05) is 63.2 Å². The normalized spacial score (nSPS) is 14.5. The average molecular weight is 647 g/mol. The summed E-state index contributed by atoms with van der Waals surface area (Å²) in [7, 11) is 1.58. The number of hydrogen-bond acceptors (Lipinski definition) is 6. The van der Waals surface area contributed by atoms with Crippen LogP contribution in [0.4, 0.5) is 5.69 Å². The number of rotatable bonds is 11. The van der Waals surface area contributed by atoms with Crippen LogP contribution in [0.2, 0.25) is 0 Å². The molecule has 1 heterocycles. The molecular formula is C39H42N4O5. The molecule has 0 bridgehead atoms. The van der Waals surface area contributed by atoms with Crippen molar-refractivity contribution < 1.29 is 24.2 Å². The van der Waals surface area contributed by atoms with Crippen molar-refractivity contribution >= 4 is 29.0 Å². The van der Waals surface area contributed by atoms with Gasteiger partial charge in [0.15, 0.2) is 5.82 Å². The fourth-order valence-electron chi connectivity index (χ4n) is 5.88. The Morgan fingerprint density at radius 1 is 0.896 bits per heavy atom. The topological polar surface area (TPSA) is 122 Å². The number of nitrogens with zero attached hydrogens (tertiary/aromatic N) is 3. The molecule has 1 unspecified atom stereocenters. The molecule has 1 aliphatic carbocycles. The molecule has 0 spiro atoms. The van der Waals surface area contributed by atoms with E-state index in [0.717, 1.165) is 41.5 Å². The van der Waals surface area contributed by atoms with E-state index in [1.165, 1.54) is 10.5 Å². The largest absolute Gasteiger partial charge is 0.497 e. The lowest BCUT2D eigenvalue weighted by molar-refractivity contribution is -0.137. The Balaban J connectivity index is 1.19. The SMILES string of the molecule is COc1ccc(CC(=O)Nc2ccc(C(=O)N(CC(=O)O)Cc3ccc(-c4ncc(C5=CCC(C(C)(C)C)CC5)cn4)cc3)cc2)cc1. The van der Waals surface area contributed by atoms with E-state index in [1.807, 2.05) is 48.8 Å². The molecule has 0 saturated carbocycles. The van der Waals surface area contributed by atoms with Gasteiger partial charge in [0.2, 0.25) is 5.91 Å². The number of aliphatic carboxylic acids is 1. The highest BCUT2D eigenvalue weighted by Gasteiger charge is 2.26. The van der Waals surface area contributed by atoms with Gasteiger partial charge in [0, 0.05) is 41.3 Å². The van der Waals surface area contributed by atoms with E-state index < -0.39 is 18.4 Å². The van der Waals surface area contributed by atoms with Gasteiger partial charge in [0.05, 0.1) is 13.5 Å². The van der Waals surface area contributed by atoms with Crippen LogP contribution in [0, 0.1) is 11.3 Å².